The van der Waals surface area contributed by atoms with Crippen LogP contribution in [0.4, 0.5) is 0 Å². The Morgan fingerprint density at radius 3 is 2.00 bits per heavy atom. The van der Waals surface area contributed by atoms with Crippen molar-refractivity contribution in [2.24, 2.45) is 0 Å². The van der Waals surface area contributed by atoms with Gasteiger partial charge in [0.15, 0.2) is 11.5 Å². The average molecular weight is 358 g/mol. The topological polar surface area (TPSA) is 18.5 Å². The number of alkyl halides is 2. The van der Waals surface area contributed by atoms with Crippen LogP contribution in [0.3, 0.4) is 0 Å². The largest absolute Gasteiger partial charge is 0.465 e. The Labute approximate surface area is 117 Å². The van der Waals surface area contributed by atoms with Crippen LogP contribution in [-0.2, 0) is 0 Å². The maximum atomic E-state index is 5.74. The summed E-state index contributed by atoms with van der Waals surface area (Å²) in [7, 11) is 0. The van der Waals surface area contributed by atoms with Crippen molar-refractivity contribution in [3.05, 3.63) is 54.6 Å². The van der Waals surface area contributed by atoms with Gasteiger partial charge in [-0.3, -0.25) is 0 Å². The molecule has 0 aromatic heterocycles. The summed E-state index contributed by atoms with van der Waals surface area (Å²) in [4.78, 5) is 0. The van der Waals surface area contributed by atoms with E-state index in [9.17, 15) is 0 Å². The Bertz CT molecular complexity index is 472. The van der Waals surface area contributed by atoms with E-state index >= 15 is 0 Å². The minimum atomic E-state index is -0.240. The van der Waals surface area contributed by atoms with Crippen LogP contribution in [-0.4, -0.2) is 3.92 Å². The number of rotatable bonds is 4. The highest BCUT2D eigenvalue weighted by molar-refractivity contribution is 9.24. The predicted molar refractivity (Wildman–Crippen MR) is 75.2 cm³/mol. The third-order valence-electron chi connectivity index (χ3n) is 2.04. The highest BCUT2D eigenvalue weighted by Crippen LogP contribution is 2.33. The van der Waals surface area contributed by atoms with Crippen LogP contribution in [0.15, 0.2) is 54.6 Å². The van der Waals surface area contributed by atoms with Crippen molar-refractivity contribution >= 4 is 31.9 Å². The second-order valence-electron chi connectivity index (χ2n) is 3.24. The van der Waals surface area contributed by atoms with Crippen LogP contribution in [0.2, 0.25) is 0 Å². The molecule has 2 nitrogen and oxygen atoms in total. The number of halogens is 2. The van der Waals surface area contributed by atoms with Gasteiger partial charge in [-0.25, -0.2) is 0 Å². The zero-order valence-electron chi connectivity index (χ0n) is 8.85. The average Bonchev–Trinajstić information content (AvgIpc) is 2.32. The van der Waals surface area contributed by atoms with E-state index in [-0.39, 0.29) is 3.92 Å². The van der Waals surface area contributed by atoms with Crippen LogP contribution in [0.25, 0.3) is 0 Å². The number of hydrogen-bond acceptors (Lipinski definition) is 2. The number of hydrogen-bond donors (Lipinski definition) is 0. The molecular weight excluding hydrogens is 348 g/mol. The SMILES string of the molecule is BrC(Br)Oc1ccccc1Oc1ccccc1. The third-order valence-corrected chi connectivity index (χ3v) is 2.41. The fourth-order valence-corrected chi connectivity index (χ4v) is 1.75. The normalized spacial score (nSPS) is 10.3. The van der Waals surface area contributed by atoms with E-state index in [1.54, 1.807) is 0 Å². The van der Waals surface area contributed by atoms with Crippen molar-refractivity contribution < 1.29 is 9.47 Å². The van der Waals surface area contributed by atoms with Crippen molar-refractivity contribution in [2.75, 3.05) is 0 Å². The van der Waals surface area contributed by atoms with E-state index in [0.29, 0.717) is 11.5 Å². The summed E-state index contributed by atoms with van der Waals surface area (Å²) in [5, 5.41) is 0. The smallest absolute Gasteiger partial charge is 0.207 e. The van der Waals surface area contributed by atoms with Crippen molar-refractivity contribution in [3.8, 4) is 17.2 Å². The Hall–Kier alpha value is -1.00. The molecule has 0 aliphatic heterocycles. The minimum Gasteiger partial charge on any atom is -0.465 e. The van der Waals surface area contributed by atoms with Crippen molar-refractivity contribution in [3.63, 3.8) is 0 Å². The predicted octanol–water partition coefficient (Wildman–Crippen LogP) is 4.93. The summed E-state index contributed by atoms with van der Waals surface area (Å²) in [6.07, 6.45) is 0. The first-order valence-corrected chi connectivity index (χ1v) is 6.85. The van der Waals surface area contributed by atoms with Gasteiger partial charge < -0.3 is 9.47 Å². The molecule has 0 aliphatic rings. The molecule has 2 aromatic rings. The molecule has 0 unspecified atom stereocenters. The molecule has 0 atom stereocenters. The van der Waals surface area contributed by atoms with Gasteiger partial charge in [-0.05, 0) is 56.1 Å². The zero-order chi connectivity index (χ0) is 12.1. The van der Waals surface area contributed by atoms with Crippen molar-refractivity contribution in [1.82, 2.24) is 0 Å². The number of para-hydroxylation sites is 3. The second kappa shape index (κ2) is 6.07. The molecule has 0 saturated heterocycles. The molecule has 0 saturated carbocycles. The third kappa shape index (κ3) is 3.75. The highest BCUT2D eigenvalue weighted by Gasteiger charge is 2.08. The molecule has 0 radical (unpaired) electrons. The van der Waals surface area contributed by atoms with Gasteiger partial charge in [0.1, 0.15) is 5.75 Å². The van der Waals surface area contributed by atoms with Gasteiger partial charge in [-0.1, -0.05) is 30.3 Å². The van der Waals surface area contributed by atoms with Gasteiger partial charge in [0, 0.05) is 0 Å². The Morgan fingerprint density at radius 1 is 0.765 bits per heavy atom. The van der Waals surface area contributed by atoms with Crippen LogP contribution < -0.4 is 9.47 Å². The van der Waals surface area contributed by atoms with Gasteiger partial charge in [0.05, 0.1) is 0 Å². The first kappa shape index (κ1) is 12.5. The van der Waals surface area contributed by atoms with Gasteiger partial charge in [0.25, 0.3) is 0 Å². The molecule has 4 heteroatoms. The molecular formula is C13H10Br2O2. The van der Waals surface area contributed by atoms with Crippen LogP contribution in [0, 0.1) is 0 Å². The van der Waals surface area contributed by atoms with Gasteiger partial charge in [-0.15, -0.1) is 0 Å². The standard InChI is InChI=1S/C13H10Br2O2/c14-13(15)17-12-9-5-4-8-11(12)16-10-6-2-1-3-7-10/h1-9,13H. The molecule has 88 valence electrons. The lowest BCUT2D eigenvalue weighted by Gasteiger charge is -2.12. The second-order valence-corrected chi connectivity index (χ2v) is 6.13. The molecule has 0 bridgehead atoms. The first-order chi connectivity index (χ1) is 8.25. The highest BCUT2D eigenvalue weighted by atomic mass is 79.9. The minimum absolute atomic E-state index is 0.240. The zero-order valence-corrected chi connectivity index (χ0v) is 12.0. The van der Waals surface area contributed by atoms with Gasteiger partial charge in [0.2, 0.25) is 3.92 Å². The summed E-state index contributed by atoms with van der Waals surface area (Å²) < 4.78 is 11.0. The summed E-state index contributed by atoms with van der Waals surface area (Å²) in [6.45, 7) is 0. The number of ether oxygens (including phenoxy) is 2. The first-order valence-electron chi connectivity index (χ1n) is 5.02. The molecule has 2 aromatic carbocycles. The molecule has 0 spiro atoms. The maximum Gasteiger partial charge on any atom is 0.207 e. The quantitative estimate of drug-likeness (QED) is 0.722. The van der Waals surface area contributed by atoms with Crippen LogP contribution in [0.1, 0.15) is 0 Å². The molecule has 0 N–H and O–H groups in total. The summed E-state index contributed by atoms with van der Waals surface area (Å²) in [6, 6.07) is 17.1. The molecule has 0 fully saturated rings. The summed E-state index contributed by atoms with van der Waals surface area (Å²) >= 11 is 6.54. The molecule has 0 amide bonds. The molecule has 0 aliphatic carbocycles. The van der Waals surface area contributed by atoms with Gasteiger partial charge >= 0.3 is 0 Å². The van der Waals surface area contributed by atoms with Crippen molar-refractivity contribution in [1.29, 1.82) is 0 Å². The van der Waals surface area contributed by atoms with Crippen LogP contribution in [0.5, 0.6) is 17.2 Å². The van der Waals surface area contributed by atoms with E-state index in [2.05, 4.69) is 31.9 Å². The Morgan fingerprint density at radius 2 is 1.35 bits per heavy atom. The molecule has 2 rings (SSSR count). The monoisotopic (exact) mass is 356 g/mol. The van der Waals surface area contributed by atoms with E-state index < -0.39 is 0 Å². The fraction of sp³-hybridized carbons (Fsp3) is 0.0769. The summed E-state index contributed by atoms with van der Waals surface area (Å²) in [5.41, 5.74) is 0. The van der Waals surface area contributed by atoms with E-state index in [0.717, 1.165) is 5.75 Å². The van der Waals surface area contributed by atoms with Crippen molar-refractivity contribution in [2.45, 2.75) is 3.92 Å². The lowest BCUT2D eigenvalue weighted by atomic mass is 10.3. The lowest BCUT2D eigenvalue weighted by molar-refractivity contribution is 0.350. The van der Waals surface area contributed by atoms with E-state index in [1.807, 2.05) is 54.6 Å². The maximum absolute atomic E-state index is 5.74. The lowest BCUT2D eigenvalue weighted by Crippen LogP contribution is -1.99. The van der Waals surface area contributed by atoms with Gasteiger partial charge in [-0.2, -0.15) is 0 Å². The molecule has 17 heavy (non-hydrogen) atoms. The fourth-order valence-electron chi connectivity index (χ4n) is 1.34. The number of benzene rings is 2. The van der Waals surface area contributed by atoms with Crippen LogP contribution >= 0.6 is 31.9 Å². The Kier molecular flexibility index (Phi) is 4.45. The summed E-state index contributed by atoms with van der Waals surface area (Å²) in [5.74, 6) is 2.14. The van der Waals surface area contributed by atoms with E-state index in [1.165, 1.54) is 0 Å². The molecule has 0 heterocycles. The Balaban J connectivity index is 2.20. The van der Waals surface area contributed by atoms with E-state index in [4.69, 9.17) is 9.47 Å².